The number of carbonyl (C=O) groups is 2. The molecule has 106 valence electrons. The van der Waals surface area contributed by atoms with Crippen molar-refractivity contribution in [3.63, 3.8) is 0 Å². The summed E-state index contributed by atoms with van der Waals surface area (Å²) in [4.78, 5) is 24.7. The van der Waals surface area contributed by atoms with Crippen LogP contribution >= 0.6 is 0 Å². The van der Waals surface area contributed by atoms with Gasteiger partial charge in [-0.1, -0.05) is 6.92 Å². The van der Waals surface area contributed by atoms with E-state index >= 15 is 0 Å². The number of esters is 1. The Morgan fingerprint density at radius 3 is 2.53 bits per heavy atom. The Labute approximate surface area is 112 Å². The van der Waals surface area contributed by atoms with Crippen LogP contribution in [0.1, 0.15) is 29.5 Å². The molecule has 2 N–H and O–H groups in total. The van der Waals surface area contributed by atoms with Crippen molar-refractivity contribution in [1.29, 1.82) is 0 Å². The number of nitrogens with two attached hydrogens (primary N) is 1. The smallest absolute Gasteiger partial charge is 0.358 e. The summed E-state index contributed by atoms with van der Waals surface area (Å²) in [7, 11) is 4.94. The van der Waals surface area contributed by atoms with Crippen molar-refractivity contribution in [2.45, 2.75) is 19.8 Å². The monoisotopic (exact) mass is 268 g/mol. The number of rotatable bonds is 5. The van der Waals surface area contributed by atoms with Crippen LogP contribution in [-0.2, 0) is 23.0 Å². The lowest BCUT2D eigenvalue weighted by Crippen LogP contribution is -2.24. The molecule has 0 bridgehead atoms. The van der Waals surface area contributed by atoms with Crippen molar-refractivity contribution in [3.05, 3.63) is 11.4 Å². The lowest BCUT2D eigenvalue weighted by atomic mass is 10.2. The summed E-state index contributed by atoms with van der Waals surface area (Å²) in [6, 6.07) is 0. The average Bonchev–Trinajstić information content (AvgIpc) is 2.63. The van der Waals surface area contributed by atoms with Gasteiger partial charge in [-0.15, -0.1) is 0 Å². The number of nitrogens with zero attached hydrogens (tertiary/aromatic N) is 3. The minimum absolute atomic E-state index is 0.0297. The molecule has 1 rings (SSSR count). The molecule has 0 aliphatic rings. The Balaban J connectivity index is 2.64. The molecule has 0 spiro atoms. The van der Waals surface area contributed by atoms with E-state index in [1.165, 1.54) is 9.58 Å². The van der Waals surface area contributed by atoms with Crippen molar-refractivity contribution < 1.29 is 14.3 Å². The summed E-state index contributed by atoms with van der Waals surface area (Å²) >= 11 is 0. The summed E-state index contributed by atoms with van der Waals surface area (Å²) in [5.74, 6) is -0.654. The standard InChI is InChI=1S/C12H20N4O3/c1-5-8-10(13)11(16(4)14-8)12(18)19-7-6-9(17)15(2)3/h5-7,13H2,1-4H3. The molecule has 0 aliphatic carbocycles. The quantitative estimate of drug-likeness (QED) is 0.770. The van der Waals surface area contributed by atoms with Gasteiger partial charge in [0, 0.05) is 21.1 Å². The highest BCUT2D eigenvalue weighted by molar-refractivity contribution is 5.94. The maximum atomic E-state index is 11.9. The fourth-order valence-electron chi connectivity index (χ4n) is 1.62. The van der Waals surface area contributed by atoms with Gasteiger partial charge in [0.2, 0.25) is 5.91 Å². The van der Waals surface area contributed by atoms with Gasteiger partial charge in [-0.3, -0.25) is 9.48 Å². The zero-order valence-corrected chi connectivity index (χ0v) is 11.8. The third-order valence-electron chi connectivity index (χ3n) is 2.74. The van der Waals surface area contributed by atoms with E-state index in [1.807, 2.05) is 6.92 Å². The molecule has 19 heavy (non-hydrogen) atoms. The van der Waals surface area contributed by atoms with Gasteiger partial charge in [-0.2, -0.15) is 5.10 Å². The van der Waals surface area contributed by atoms with Crippen LogP contribution < -0.4 is 5.73 Å². The molecule has 0 fully saturated rings. The minimum Gasteiger partial charge on any atom is -0.460 e. The highest BCUT2D eigenvalue weighted by Gasteiger charge is 2.20. The number of aromatic nitrogens is 2. The van der Waals surface area contributed by atoms with E-state index in [2.05, 4.69) is 5.10 Å². The molecule has 0 radical (unpaired) electrons. The molecule has 1 aromatic rings. The van der Waals surface area contributed by atoms with E-state index < -0.39 is 5.97 Å². The summed E-state index contributed by atoms with van der Waals surface area (Å²) < 4.78 is 6.45. The van der Waals surface area contributed by atoms with Crippen LogP contribution in [0.3, 0.4) is 0 Å². The van der Waals surface area contributed by atoms with Crippen LogP contribution in [0.25, 0.3) is 0 Å². The number of carbonyl (C=O) groups excluding carboxylic acids is 2. The molecule has 0 atom stereocenters. The molecule has 0 unspecified atom stereocenters. The SMILES string of the molecule is CCc1nn(C)c(C(=O)OCCC(=O)N(C)C)c1N. The summed E-state index contributed by atoms with van der Waals surface area (Å²) in [6.07, 6.45) is 0.795. The van der Waals surface area contributed by atoms with Gasteiger partial charge in [0.1, 0.15) is 6.61 Å². The van der Waals surface area contributed by atoms with Gasteiger partial charge >= 0.3 is 5.97 Å². The number of aryl methyl sites for hydroxylation is 2. The number of nitrogen functional groups attached to an aromatic ring is 1. The molecule has 0 aliphatic heterocycles. The van der Waals surface area contributed by atoms with Gasteiger partial charge < -0.3 is 15.4 Å². The molecule has 1 aromatic heterocycles. The first-order chi connectivity index (χ1) is 8.88. The second-order valence-corrected chi connectivity index (χ2v) is 4.36. The Bertz CT molecular complexity index is 480. The van der Waals surface area contributed by atoms with Crippen molar-refractivity contribution >= 4 is 17.6 Å². The van der Waals surface area contributed by atoms with Gasteiger partial charge in [-0.05, 0) is 6.42 Å². The highest BCUT2D eigenvalue weighted by atomic mass is 16.5. The second kappa shape index (κ2) is 6.21. The summed E-state index contributed by atoms with van der Waals surface area (Å²) in [5.41, 5.74) is 7.07. The predicted octanol–water partition coefficient (Wildman–Crippen LogP) is 0.200. The van der Waals surface area contributed by atoms with Crippen LogP contribution in [0.2, 0.25) is 0 Å². The van der Waals surface area contributed by atoms with Gasteiger partial charge in [0.15, 0.2) is 5.69 Å². The summed E-state index contributed by atoms with van der Waals surface area (Å²) in [6.45, 7) is 1.94. The van der Waals surface area contributed by atoms with E-state index in [0.29, 0.717) is 17.8 Å². The van der Waals surface area contributed by atoms with Crippen LogP contribution in [0.4, 0.5) is 5.69 Å². The van der Waals surface area contributed by atoms with Crippen LogP contribution in [0.5, 0.6) is 0 Å². The Morgan fingerprint density at radius 2 is 2.05 bits per heavy atom. The maximum absolute atomic E-state index is 11.9. The number of hydrogen-bond acceptors (Lipinski definition) is 5. The zero-order chi connectivity index (χ0) is 14.6. The first kappa shape index (κ1) is 15.0. The lowest BCUT2D eigenvalue weighted by molar-refractivity contribution is -0.129. The molecule has 1 amide bonds. The Hall–Kier alpha value is -2.05. The molecular formula is C12H20N4O3. The van der Waals surface area contributed by atoms with Crippen molar-refractivity contribution in [2.75, 3.05) is 26.4 Å². The molecule has 0 saturated carbocycles. The Morgan fingerprint density at radius 1 is 1.42 bits per heavy atom. The first-order valence-electron chi connectivity index (χ1n) is 6.07. The van der Waals surface area contributed by atoms with Gasteiger partial charge in [0.05, 0.1) is 17.8 Å². The van der Waals surface area contributed by atoms with E-state index in [0.717, 1.165) is 0 Å². The molecule has 7 heteroatoms. The van der Waals surface area contributed by atoms with E-state index in [4.69, 9.17) is 10.5 Å². The largest absolute Gasteiger partial charge is 0.460 e. The first-order valence-corrected chi connectivity index (χ1v) is 6.07. The third kappa shape index (κ3) is 3.46. The van der Waals surface area contributed by atoms with Crippen LogP contribution in [-0.4, -0.2) is 47.3 Å². The number of ether oxygens (including phenoxy) is 1. The van der Waals surface area contributed by atoms with Crippen LogP contribution in [0, 0.1) is 0 Å². The number of hydrogen-bond donors (Lipinski definition) is 1. The van der Waals surface area contributed by atoms with E-state index in [9.17, 15) is 9.59 Å². The summed E-state index contributed by atoms with van der Waals surface area (Å²) in [5, 5.41) is 4.14. The van der Waals surface area contributed by atoms with Gasteiger partial charge in [-0.25, -0.2) is 4.79 Å². The fraction of sp³-hybridized carbons (Fsp3) is 0.583. The second-order valence-electron chi connectivity index (χ2n) is 4.36. The predicted molar refractivity (Wildman–Crippen MR) is 70.6 cm³/mol. The van der Waals surface area contributed by atoms with Crippen molar-refractivity contribution in [1.82, 2.24) is 14.7 Å². The number of amides is 1. The lowest BCUT2D eigenvalue weighted by Gasteiger charge is -2.10. The Kier molecular flexibility index (Phi) is 4.91. The highest BCUT2D eigenvalue weighted by Crippen LogP contribution is 2.17. The normalized spacial score (nSPS) is 10.3. The van der Waals surface area contributed by atoms with Crippen LogP contribution in [0.15, 0.2) is 0 Å². The fourth-order valence-corrected chi connectivity index (χ4v) is 1.62. The molecule has 1 heterocycles. The minimum atomic E-state index is -0.557. The van der Waals surface area contributed by atoms with E-state index in [1.54, 1.807) is 21.1 Å². The number of anilines is 1. The molecule has 0 saturated heterocycles. The third-order valence-corrected chi connectivity index (χ3v) is 2.74. The molecule has 0 aromatic carbocycles. The average molecular weight is 268 g/mol. The maximum Gasteiger partial charge on any atom is 0.358 e. The van der Waals surface area contributed by atoms with E-state index in [-0.39, 0.29) is 24.6 Å². The zero-order valence-electron chi connectivity index (χ0n) is 11.8. The molecule has 7 nitrogen and oxygen atoms in total. The van der Waals surface area contributed by atoms with Crippen molar-refractivity contribution in [2.24, 2.45) is 7.05 Å². The van der Waals surface area contributed by atoms with Gasteiger partial charge in [0.25, 0.3) is 0 Å². The topological polar surface area (TPSA) is 90.5 Å². The molecular weight excluding hydrogens is 248 g/mol. The van der Waals surface area contributed by atoms with Crippen molar-refractivity contribution in [3.8, 4) is 0 Å².